The van der Waals surface area contributed by atoms with Gasteiger partial charge in [-0.2, -0.15) is 0 Å². The van der Waals surface area contributed by atoms with Gasteiger partial charge >= 0.3 is 0 Å². The minimum absolute atomic E-state index is 0.157. The summed E-state index contributed by atoms with van der Waals surface area (Å²) in [7, 11) is 0. The first-order valence-electron chi connectivity index (χ1n) is 8.36. The molecule has 2 N–H and O–H groups in total. The van der Waals surface area contributed by atoms with Crippen LogP contribution in [0, 0.1) is 0 Å². The molecule has 0 spiro atoms. The van der Waals surface area contributed by atoms with Crippen molar-refractivity contribution in [3.05, 3.63) is 59.9 Å². The molecule has 0 aliphatic heterocycles. The first-order chi connectivity index (χ1) is 11.5. The number of fused-ring (bicyclic) bond motifs is 1. The highest BCUT2D eigenvalue weighted by atomic mass is 16.5. The van der Waals surface area contributed by atoms with Crippen LogP contribution in [0.1, 0.15) is 32.2 Å². The minimum Gasteiger partial charge on any atom is -0.492 e. The Bertz CT molecular complexity index is 813. The Morgan fingerprint density at radius 1 is 1.04 bits per heavy atom. The molecule has 1 aromatic heterocycles. The molecule has 0 atom stereocenters. The molecule has 24 heavy (non-hydrogen) atoms. The second-order valence-corrected chi connectivity index (χ2v) is 7.00. The van der Waals surface area contributed by atoms with Crippen molar-refractivity contribution in [2.75, 3.05) is 6.61 Å². The number of hydrogen-bond acceptors (Lipinski definition) is 3. The molecule has 126 valence electrons. The summed E-state index contributed by atoms with van der Waals surface area (Å²) >= 11 is 0. The van der Waals surface area contributed by atoms with E-state index in [1.165, 1.54) is 5.56 Å². The van der Waals surface area contributed by atoms with Crippen molar-refractivity contribution in [2.45, 2.75) is 39.3 Å². The normalized spacial score (nSPS) is 11.8. The molecule has 0 bridgehead atoms. The van der Waals surface area contributed by atoms with Gasteiger partial charge < -0.3 is 15.0 Å². The van der Waals surface area contributed by atoms with Gasteiger partial charge in [-0.05, 0) is 35.2 Å². The maximum Gasteiger partial charge on any atom is 0.123 e. The van der Waals surface area contributed by atoms with Crippen LogP contribution in [0.5, 0.6) is 5.75 Å². The lowest BCUT2D eigenvalue weighted by Crippen LogP contribution is -2.14. The molecule has 0 aliphatic carbocycles. The Balaban J connectivity index is 1.68. The Hall–Kier alpha value is -2.33. The monoisotopic (exact) mass is 323 g/mol. The highest BCUT2D eigenvalue weighted by molar-refractivity contribution is 5.75. The number of aromatic nitrogens is 2. The van der Waals surface area contributed by atoms with Crippen molar-refractivity contribution in [1.29, 1.82) is 0 Å². The highest BCUT2D eigenvalue weighted by Gasteiger charge is 2.13. The molecule has 2 aromatic carbocycles. The van der Waals surface area contributed by atoms with E-state index in [2.05, 4.69) is 48.5 Å². The number of para-hydroxylation sites is 2. The van der Waals surface area contributed by atoms with Gasteiger partial charge in [0.15, 0.2) is 0 Å². The van der Waals surface area contributed by atoms with Crippen LogP contribution in [0.15, 0.2) is 48.5 Å². The van der Waals surface area contributed by atoms with Crippen LogP contribution in [-0.4, -0.2) is 16.2 Å². The lowest BCUT2D eigenvalue weighted by atomic mass is 9.87. The number of rotatable bonds is 5. The Kier molecular flexibility index (Phi) is 4.58. The van der Waals surface area contributed by atoms with E-state index in [0.29, 0.717) is 13.2 Å². The fourth-order valence-corrected chi connectivity index (χ4v) is 2.84. The van der Waals surface area contributed by atoms with E-state index >= 15 is 0 Å². The fourth-order valence-electron chi connectivity index (χ4n) is 2.84. The third-order valence-corrected chi connectivity index (χ3v) is 4.22. The van der Waals surface area contributed by atoms with E-state index in [4.69, 9.17) is 10.5 Å². The zero-order chi connectivity index (χ0) is 17.2. The molecular formula is C20H25N3O. The lowest BCUT2D eigenvalue weighted by Gasteiger charge is -2.19. The average molecular weight is 323 g/mol. The molecule has 0 aliphatic rings. The topological polar surface area (TPSA) is 53.1 Å². The van der Waals surface area contributed by atoms with Crippen LogP contribution in [0.25, 0.3) is 11.0 Å². The smallest absolute Gasteiger partial charge is 0.123 e. The van der Waals surface area contributed by atoms with Crippen molar-refractivity contribution in [3.63, 3.8) is 0 Å². The summed E-state index contributed by atoms with van der Waals surface area (Å²) in [6.07, 6.45) is 0. The highest BCUT2D eigenvalue weighted by Crippen LogP contribution is 2.24. The number of benzene rings is 2. The van der Waals surface area contributed by atoms with Crippen molar-refractivity contribution < 1.29 is 4.74 Å². The third-order valence-electron chi connectivity index (χ3n) is 4.22. The van der Waals surface area contributed by atoms with Gasteiger partial charge in [-0.25, -0.2) is 4.98 Å². The van der Waals surface area contributed by atoms with Gasteiger partial charge in [0.05, 0.1) is 24.1 Å². The zero-order valence-corrected chi connectivity index (χ0v) is 14.6. The van der Waals surface area contributed by atoms with Crippen LogP contribution in [0.2, 0.25) is 0 Å². The van der Waals surface area contributed by atoms with Crippen LogP contribution >= 0.6 is 0 Å². The van der Waals surface area contributed by atoms with E-state index in [-0.39, 0.29) is 5.41 Å². The van der Waals surface area contributed by atoms with Crippen LogP contribution < -0.4 is 10.5 Å². The molecule has 0 unspecified atom stereocenters. The molecule has 1 heterocycles. The third kappa shape index (κ3) is 3.44. The standard InChI is InChI=1S/C20H25N3O/c1-20(2,3)15-8-10-16(11-9-15)24-13-12-23-18-7-5-4-6-17(18)22-19(23)14-21/h4-11H,12-14,21H2,1-3H3. The quantitative estimate of drug-likeness (QED) is 0.775. The Labute approximate surface area is 143 Å². The van der Waals surface area contributed by atoms with Crippen molar-refractivity contribution >= 4 is 11.0 Å². The summed E-state index contributed by atoms with van der Waals surface area (Å²) in [5.74, 6) is 1.78. The van der Waals surface area contributed by atoms with E-state index < -0.39 is 0 Å². The van der Waals surface area contributed by atoms with Gasteiger partial charge in [0, 0.05) is 0 Å². The number of imidazole rings is 1. The molecule has 3 aromatic rings. The summed E-state index contributed by atoms with van der Waals surface area (Å²) in [6, 6.07) is 16.4. The largest absolute Gasteiger partial charge is 0.492 e. The van der Waals surface area contributed by atoms with E-state index in [0.717, 1.165) is 29.2 Å². The molecular weight excluding hydrogens is 298 g/mol. The second-order valence-electron chi connectivity index (χ2n) is 7.00. The maximum atomic E-state index is 5.91. The molecule has 3 rings (SSSR count). The zero-order valence-electron chi connectivity index (χ0n) is 14.6. The number of nitrogens with two attached hydrogens (primary N) is 1. The molecule has 0 radical (unpaired) electrons. The van der Waals surface area contributed by atoms with E-state index in [9.17, 15) is 0 Å². The Morgan fingerprint density at radius 3 is 2.42 bits per heavy atom. The van der Waals surface area contributed by atoms with Crippen LogP contribution in [0.3, 0.4) is 0 Å². The lowest BCUT2D eigenvalue weighted by molar-refractivity contribution is 0.298. The van der Waals surface area contributed by atoms with Gasteiger partial charge in [-0.1, -0.05) is 45.0 Å². The van der Waals surface area contributed by atoms with Crippen molar-refractivity contribution in [3.8, 4) is 5.75 Å². The summed E-state index contributed by atoms with van der Waals surface area (Å²) in [5, 5.41) is 0. The molecule has 0 amide bonds. The molecule has 4 nitrogen and oxygen atoms in total. The molecule has 0 fully saturated rings. The predicted molar refractivity (Wildman–Crippen MR) is 98.3 cm³/mol. The summed E-state index contributed by atoms with van der Waals surface area (Å²) < 4.78 is 8.04. The van der Waals surface area contributed by atoms with Crippen LogP contribution in [0.4, 0.5) is 0 Å². The first-order valence-corrected chi connectivity index (χ1v) is 8.36. The summed E-state index contributed by atoms with van der Waals surface area (Å²) in [4.78, 5) is 4.58. The van der Waals surface area contributed by atoms with Gasteiger partial charge in [0.2, 0.25) is 0 Å². The van der Waals surface area contributed by atoms with Gasteiger partial charge in [-0.3, -0.25) is 0 Å². The fraction of sp³-hybridized carbons (Fsp3) is 0.350. The van der Waals surface area contributed by atoms with Gasteiger partial charge in [0.1, 0.15) is 18.2 Å². The van der Waals surface area contributed by atoms with Gasteiger partial charge in [0.25, 0.3) is 0 Å². The maximum absolute atomic E-state index is 5.91. The predicted octanol–water partition coefficient (Wildman–Crippen LogP) is 3.87. The Morgan fingerprint density at radius 2 is 1.75 bits per heavy atom. The summed E-state index contributed by atoms with van der Waals surface area (Å²) in [5.41, 5.74) is 9.37. The molecule has 4 heteroatoms. The number of nitrogens with zero attached hydrogens (tertiary/aromatic N) is 2. The number of hydrogen-bond donors (Lipinski definition) is 1. The SMILES string of the molecule is CC(C)(C)c1ccc(OCCn2c(CN)nc3ccccc32)cc1. The van der Waals surface area contributed by atoms with E-state index in [1.807, 2.05) is 30.3 Å². The average Bonchev–Trinajstić information content (AvgIpc) is 2.93. The van der Waals surface area contributed by atoms with Crippen molar-refractivity contribution in [1.82, 2.24) is 9.55 Å². The first kappa shape index (κ1) is 16.5. The molecule has 0 saturated heterocycles. The molecule has 0 saturated carbocycles. The summed E-state index contributed by atoms with van der Waals surface area (Å²) in [6.45, 7) is 8.37. The minimum atomic E-state index is 0.157. The van der Waals surface area contributed by atoms with Crippen molar-refractivity contribution in [2.24, 2.45) is 5.73 Å². The van der Waals surface area contributed by atoms with Gasteiger partial charge in [-0.15, -0.1) is 0 Å². The van der Waals surface area contributed by atoms with E-state index in [1.54, 1.807) is 0 Å². The number of ether oxygens (including phenoxy) is 1. The van der Waals surface area contributed by atoms with Crippen LogP contribution in [-0.2, 0) is 18.5 Å². The second kappa shape index (κ2) is 6.65.